The van der Waals surface area contributed by atoms with Crippen LogP contribution >= 0.6 is 0 Å². The second kappa shape index (κ2) is 11.1. The summed E-state index contributed by atoms with van der Waals surface area (Å²) in [7, 11) is 0. The lowest BCUT2D eigenvalue weighted by molar-refractivity contribution is 0.0519. The summed E-state index contributed by atoms with van der Waals surface area (Å²) in [5.41, 5.74) is 2.86. The summed E-state index contributed by atoms with van der Waals surface area (Å²) < 4.78 is 13.6. The number of likely N-dealkylation sites (tertiary alicyclic amines) is 1. The number of hydrogen-bond acceptors (Lipinski definition) is 4. The molecule has 2 saturated heterocycles. The van der Waals surface area contributed by atoms with Crippen LogP contribution in [0, 0.1) is 12.7 Å². The maximum Gasteiger partial charge on any atom is 0.255 e. The van der Waals surface area contributed by atoms with Crippen LogP contribution in [0.25, 0.3) is 0 Å². The van der Waals surface area contributed by atoms with E-state index in [2.05, 4.69) is 4.90 Å². The Morgan fingerprint density at radius 1 is 0.833 bits per heavy atom. The van der Waals surface area contributed by atoms with Crippen LogP contribution in [0.2, 0.25) is 0 Å². The van der Waals surface area contributed by atoms with E-state index in [0.29, 0.717) is 30.3 Å². The summed E-state index contributed by atoms with van der Waals surface area (Å²) in [6.07, 6.45) is 8.08. The monoisotopic (exact) mass is 492 g/mol. The third-order valence-electron chi connectivity index (χ3n) is 8.23. The number of halogens is 1. The zero-order chi connectivity index (χ0) is 25.1. The average Bonchev–Trinajstić information content (AvgIpc) is 2.93. The van der Waals surface area contributed by atoms with E-state index in [9.17, 15) is 14.0 Å². The van der Waals surface area contributed by atoms with Crippen LogP contribution in [0.3, 0.4) is 0 Å². The van der Waals surface area contributed by atoms with Crippen molar-refractivity contribution in [2.45, 2.75) is 63.8 Å². The summed E-state index contributed by atoms with van der Waals surface area (Å²) in [6, 6.07) is 10.4. The van der Waals surface area contributed by atoms with Crippen LogP contribution in [0.4, 0.5) is 4.39 Å². The number of amides is 2. The Labute approximate surface area is 213 Å². The Balaban J connectivity index is 1.23. The number of carbonyl (C=O) groups excluding carboxylic acids is 2. The maximum atomic E-state index is 13.6. The lowest BCUT2D eigenvalue weighted by Crippen LogP contribution is -2.52. The molecule has 1 saturated carbocycles. The molecule has 3 heterocycles. The van der Waals surface area contributed by atoms with Crippen molar-refractivity contribution in [2.24, 2.45) is 0 Å². The van der Waals surface area contributed by atoms with Gasteiger partial charge in [-0.1, -0.05) is 25.3 Å². The van der Waals surface area contributed by atoms with E-state index in [-0.39, 0.29) is 17.7 Å². The second-order valence-electron chi connectivity index (χ2n) is 10.6. The van der Waals surface area contributed by atoms with E-state index in [0.717, 1.165) is 50.4 Å². The minimum absolute atomic E-state index is 0.0825. The van der Waals surface area contributed by atoms with Gasteiger partial charge in [0.05, 0.1) is 11.3 Å². The first kappa shape index (κ1) is 24.9. The predicted molar refractivity (Wildman–Crippen MR) is 138 cm³/mol. The molecule has 6 nitrogen and oxygen atoms in total. The number of pyridine rings is 1. The van der Waals surface area contributed by atoms with Gasteiger partial charge in [-0.05, 0) is 62.9 Å². The number of aryl methyl sites for hydroxylation is 1. The molecule has 192 valence electrons. The highest BCUT2D eigenvalue weighted by Crippen LogP contribution is 2.31. The lowest BCUT2D eigenvalue weighted by Gasteiger charge is -2.41. The highest BCUT2D eigenvalue weighted by molar-refractivity contribution is 5.96. The molecule has 1 aromatic carbocycles. The van der Waals surface area contributed by atoms with Gasteiger partial charge in [0.2, 0.25) is 0 Å². The van der Waals surface area contributed by atoms with E-state index >= 15 is 0 Å². The second-order valence-corrected chi connectivity index (χ2v) is 10.6. The normalized spacial score (nSPS) is 20.5. The highest BCUT2D eigenvalue weighted by atomic mass is 19.1. The van der Waals surface area contributed by atoms with Crippen LogP contribution in [0.1, 0.15) is 83.0 Å². The smallest absolute Gasteiger partial charge is 0.255 e. The molecule has 2 aromatic rings. The van der Waals surface area contributed by atoms with Gasteiger partial charge in [0.25, 0.3) is 11.8 Å². The van der Waals surface area contributed by atoms with Crippen molar-refractivity contribution < 1.29 is 14.0 Å². The summed E-state index contributed by atoms with van der Waals surface area (Å²) >= 11 is 0. The average molecular weight is 493 g/mol. The van der Waals surface area contributed by atoms with E-state index in [1.807, 2.05) is 24.0 Å². The quantitative estimate of drug-likeness (QED) is 0.624. The van der Waals surface area contributed by atoms with Gasteiger partial charge >= 0.3 is 0 Å². The van der Waals surface area contributed by atoms with Crippen LogP contribution in [0.15, 0.2) is 36.4 Å². The van der Waals surface area contributed by atoms with E-state index in [1.54, 1.807) is 17.0 Å². The van der Waals surface area contributed by atoms with Gasteiger partial charge < -0.3 is 9.80 Å². The van der Waals surface area contributed by atoms with Crippen LogP contribution in [-0.2, 0) is 0 Å². The Morgan fingerprint density at radius 2 is 1.53 bits per heavy atom. The molecule has 36 heavy (non-hydrogen) atoms. The fraction of sp³-hybridized carbons (Fsp3) is 0.552. The molecule has 0 N–H and O–H groups in total. The first-order valence-electron chi connectivity index (χ1n) is 13.6. The number of rotatable bonds is 4. The van der Waals surface area contributed by atoms with Crippen molar-refractivity contribution in [1.29, 1.82) is 0 Å². The summed E-state index contributed by atoms with van der Waals surface area (Å²) in [4.78, 5) is 37.7. The maximum absolute atomic E-state index is 13.6. The van der Waals surface area contributed by atoms with Crippen LogP contribution < -0.4 is 0 Å². The molecule has 5 rings (SSSR count). The molecule has 0 bridgehead atoms. The largest absolute Gasteiger partial charge is 0.339 e. The molecule has 0 unspecified atom stereocenters. The molecule has 0 spiro atoms. The summed E-state index contributed by atoms with van der Waals surface area (Å²) in [5.74, 6) is -0.331. The summed E-state index contributed by atoms with van der Waals surface area (Å²) in [5, 5.41) is 0. The zero-order valence-electron chi connectivity index (χ0n) is 21.3. The van der Waals surface area contributed by atoms with Gasteiger partial charge in [0.1, 0.15) is 5.82 Å². The summed E-state index contributed by atoms with van der Waals surface area (Å²) in [6.45, 7) is 6.54. The molecular formula is C29H37FN4O2. The van der Waals surface area contributed by atoms with E-state index < -0.39 is 5.82 Å². The Hall–Kier alpha value is -2.80. The van der Waals surface area contributed by atoms with Crippen molar-refractivity contribution in [3.05, 3.63) is 64.7 Å². The number of piperidine rings is 1. The van der Waals surface area contributed by atoms with Gasteiger partial charge in [0.15, 0.2) is 0 Å². The topological polar surface area (TPSA) is 56.8 Å². The van der Waals surface area contributed by atoms with Gasteiger partial charge in [0, 0.05) is 62.5 Å². The first-order valence-corrected chi connectivity index (χ1v) is 13.6. The number of nitrogens with zero attached hydrogens (tertiary/aromatic N) is 4. The number of hydrogen-bond donors (Lipinski definition) is 0. The SMILES string of the molecule is Cc1ccc(C(=O)N2CCN(C3CCCCC3)CC2)c(C2CCN(C(=O)c3cccc(F)c3)CC2)n1. The molecule has 2 aliphatic heterocycles. The Morgan fingerprint density at radius 3 is 2.22 bits per heavy atom. The van der Waals surface area contributed by atoms with E-state index in [1.165, 1.54) is 44.2 Å². The third kappa shape index (κ3) is 5.46. The van der Waals surface area contributed by atoms with Crippen molar-refractivity contribution in [3.8, 4) is 0 Å². The van der Waals surface area contributed by atoms with Crippen molar-refractivity contribution in [1.82, 2.24) is 19.7 Å². The fourth-order valence-electron chi connectivity index (χ4n) is 6.14. The van der Waals surface area contributed by atoms with E-state index in [4.69, 9.17) is 4.98 Å². The molecule has 3 aliphatic rings. The zero-order valence-corrected chi connectivity index (χ0v) is 21.3. The van der Waals surface area contributed by atoms with Crippen LogP contribution in [0.5, 0.6) is 0 Å². The predicted octanol–water partition coefficient (Wildman–Crippen LogP) is 4.64. The minimum Gasteiger partial charge on any atom is -0.339 e. The molecule has 2 amide bonds. The van der Waals surface area contributed by atoms with Crippen molar-refractivity contribution >= 4 is 11.8 Å². The number of carbonyl (C=O) groups is 2. The lowest BCUT2D eigenvalue weighted by atomic mass is 9.89. The molecule has 7 heteroatoms. The minimum atomic E-state index is -0.401. The molecule has 0 radical (unpaired) electrons. The molecule has 1 aliphatic carbocycles. The molecule has 1 aromatic heterocycles. The van der Waals surface area contributed by atoms with Crippen LogP contribution in [-0.4, -0.2) is 76.8 Å². The number of aromatic nitrogens is 1. The Bertz CT molecular complexity index is 1080. The van der Waals surface area contributed by atoms with Crippen molar-refractivity contribution in [3.63, 3.8) is 0 Å². The standard InChI is InChI=1S/C29H37FN4O2/c1-21-10-11-26(29(36)34-18-16-32(17-19-34)25-8-3-2-4-9-25)27(31-21)22-12-14-33(15-13-22)28(35)23-6-5-7-24(30)20-23/h5-7,10-11,20,22,25H,2-4,8-9,12-19H2,1H3. The fourth-order valence-corrected chi connectivity index (χ4v) is 6.14. The third-order valence-corrected chi connectivity index (χ3v) is 8.23. The molecule has 3 fully saturated rings. The van der Waals surface area contributed by atoms with Crippen molar-refractivity contribution in [2.75, 3.05) is 39.3 Å². The molecular weight excluding hydrogens is 455 g/mol. The van der Waals surface area contributed by atoms with Gasteiger partial charge in [-0.2, -0.15) is 0 Å². The van der Waals surface area contributed by atoms with Gasteiger partial charge in [-0.3, -0.25) is 19.5 Å². The Kier molecular flexibility index (Phi) is 7.65. The number of benzene rings is 1. The number of piperazine rings is 1. The highest BCUT2D eigenvalue weighted by Gasteiger charge is 2.32. The van der Waals surface area contributed by atoms with Gasteiger partial charge in [-0.25, -0.2) is 4.39 Å². The van der Waals surface area contributed by atoms with Gasteiger partial charge in [-0.15, -0.1) is 0 Å². The molecule has 0 atom stereocenters. The first-order chi connectivity index (χ1) is 17.5.